The summed E-state index contributed by atoms with van der Waals surface area (Å²) in [5.41, 5.74) is 5.12. The van der Waals surface area contributed by atoms with Gasteiger partial charge in [0.1, 0.15) is 12.1 Å². The summed E-state index contributed by atoms with van der Waals surface area (Å²) >= 11 is 0. The lowest BCUT2D eigenvalue weighted by Crippen LogP contribution is -2.34. The van der Waals surface area contributed by atoms with Gasteiger partial charge in [0.15, 0.2) is 5.96 Å². The van der Waals surface area contributed by atoms with Crippen molar-refractivity contribution in [1.82, 2.24) is 5.32 Å². The maximum atomic E-state index is 11.3. The normalized spacial score (nSPS) is 12.7. The zero-order valence-electron chi connectivity index (χ0n) is 11.5. The van der Waals surface area contributed by atoms with Gasteiger partial charge in [-0.1, -0.05) is 13.8 Å². The van der Waals surface area contributed by atoms with Gasteiger partial charge in [-0.3, -0.25) is 4.79 Å². The quantitative estimate of drug-likeness (QED) is 0.433. The maximum absolute atomic E-state index is 11.3. The van der Waals surface area contributed by atoms with Crippen LogP contribution in [-0.2, 0) is 9.53 Å². The molecule has 5 heteroatoms. The zero-order valence-corrected chi connectivity index (χ0v) is 11.5. The molecule has 0 aromatic carbocycles. The van der Waals surface area contributed by atoms with Crippen molar-refractivity contribution in [1.29, 1.82) is 0 Å². The van der Waals surface area contributed by atoms with E-state index >= 15 is 0 Å². The largest absolute Gasteiger partial charge is 0.459 e. The molecule has 0 aromatic heterocycles. The molecular formula is C12H25N3O2. The van der Waals surface area contributed by atoms with Crippen molar-refractivity contribution in [2.45, 2.75) is 46.6 Å². The number of hydrogen-bond donors (Lipinski definition) is 2. The monoisotopic (exact) mass is 243 g/mol. The summed E-state index contributed by atoms with van der Waals surface area (Å²) in [5.74, 6) is 0.531. The van der Waals surface area contributed by atoms with Crippen molar-refractivity contribution < 1.29 is 9.53 Å². The number of nitrogens with one attached hydrogen (secondary N) is 1. The number of ether oxygens (including phenoxy) is 1. The Bertz CT molecular complexity index is 267. The van der Waals surface area contributed by atoms with Gasteiger partial charge in [0, 0.05) is 6.54 Å². The van der Waals surface area contributed by atoms with Crippen molar-refractivity contribution in [2.75, 3.05) is 13.1 Å². The highest BCUT2D eigenvalue weighted by Gasteiger charge is 2.15. The Hall–Kier alpha value is -1.26. The molecule has 0 aliphatic rings. The molecule has 0 atom stereocenters. The van der Waals surface area contributed by atoms with E-state index in [1.54, 1.807) is 0 Å². The fraction of sp³-hybridized carbons (Fsp3) is 0.833. The standard InChI is InChI=1S/C12H25N3O2/c1-9(2)6-7-14-11(13)15-8-10(16)17-12(3,4)5/h9H,6-8H2,1-5H3,(H3,13,14,15). The predicted octanol–water partition coefficient (Wildman–Crippen LogP) is 1.28. The Labute approximate surface area is 104 Å². The molecule has 0 saturated carbocycles. The van der Waals surface area contributed by atoms with Crippen LogP contribution in [0.1, 0.15) is 41.0 Å². The topological polar surface area (TPSA) is 76.7 Å². The number of nitrogens with zero attached hydrogens (tertiary/aromatic N) is 1. The number of esters is 1. The summed E-state index contributed by atoms with van der Waals surface area (Å²) in [6, 6.07) is 0. The SMILES string of the molecule is CC(C)CCNC(N)=NCC(=O)OC(C)(C)C. The highest BCUT2D eigenvalue weighted by molar-refractivity contribution is 5.81. The minimum absolute atomic E-state index is 0.0439. The summed E-state index contributed by atoms with van der Waals surface area (Å²) in [6.45, 7) is 10.4. The van der Waals surface area contributed by atoms with Crippen LogP contribution in [0.3, 0.4) is 0 Å². The molecule has 0 bridgehead atoms. The number of hydrogen-bond acceptors (Lipinski definition) is 3. The Morgan fingerprint density at radius 1 is 1.41 bits per heavy atom. The van der Waals surface area contributed by atoms with E-state index in [1.807, 2.05) is 20.8 Å². The highest BCUT2D eigenvalue weighted by Crippen LogP contribution is 2.06. The van der Waals surface area contributed by atoms with Crippen molar-refractivity contribution in [2.24, 2.45) is 16.6 Å². The fourth-order valence-electron chi connectivity index (χ4n) is 1.07. The Kier molecular flexibility index (Phi) is 6.61. The molecular weight excluding hydrogens is 218 g/mol. The van der Waals surface area contributed by atoms with Crippen LogP contribution >= 0.6 is 0 Å². The first-order valence-corrected chi connectivity index (χ1v) is 5.96. The van der Waals surface area contributed by atoms with Crippen LogP contribution in [0.5, 0.6) is 0 Å². The van der Waals surface area contributed by atoms with E-state index in [2.05, 4.69) is 24.2 Å². The molecule has 17 heavy (non-hydrogen) atoms. The van der Waals surface area contributed by atoms with Gasteiger partial charge in [0.2, 0.25) is 0 Å². The van der Waals surface area contributed by atoms with Gasteiger partial charge in [0.25, 0.3) is 0 Å². The average molecular weight is 243 g/mol. The molecule has 0 radical (unpaired) electrons. The lowest BCUT2D eigenvalue weighted by Gasteiger charge is -2.18. The second-order valence-electron chi connectivity index (χ2n) is 5.40. The summed E-state index contributed by atoms with van der Waals surface area (Å²) < 4.78 is 5.10. The van der Waals surface area contributed by atoms with E-state index in [0.717, 1.165) is 13.0 Å². The van der Waals surface area contributed by atoms with Crippen LogP contribution in [0.15, 0.2) is 4.99 Å². The van der Waals surface area contributed by atoms with E-state index in [9.17, 15) is 4.79 Å². The molecule has 0 amide bonds. The van der Waals surface area contributed by atoms with Crippen LogP contribution in [-0.4, -0.2) is 30.6 Å². The Balaban J connectivity index is 3.86. The summed E-state index contributed by atoms with van der Waals surface area (Å²) in [5, 5.41) is 2.95. The van der Waals surface area contributed by atoms with Crippen LogP contribution in [0, 0.1) is 5.92 Å². The molecule has 3 N–H and O–H groups in total. The molecule has 5 nitrogen and oxygen atoms in total. The summed E-state index contributed by atoms with van der Waals surface area (Å²) in [6.07, 6.45) is 1.02. The number of carbonyl (C=O) groups excluding carboxylic acids is 1. The van der Waals surface area contributed by atoms with Crippen molar-refractivity contribution in [3.8, 4) is 0 Å². The number of nitrogens with two attached hydrogens (primary N) is 1. The van der Waals surface area contributed by atoms with Gasteiger partial charge in [-0.05, 0) is 33.1 Å². The second kappa shape index (κ2) is 7.14. The number of aliphatic imine (C=N–C) groups is 1. The van der Waals surface area contributed by atoms with E-state index in [-0.39, 0.29) is 18.5 Å². The van der Waals surface area contributed by atoms with Gasteiger partial charge < -0.3 is 15.8 Å². The van der Waals surface area contributed by atoms with Crippen LogP contribution < -0.4 is 11.1 Å². The molecule has 0 aliphatic carbocycles. The van der Waals surface area contributed by atoms with Crippen molar-refractivity contribution in [3.05, 3.63) is 0 Å². The molecule has 0 unspecified atom stereocenters. The number of guanidine groups is 1. The molecule has 0 saturated heterocycles. The van der Waals surface area contributed by atoms with Gasteiger partial charge in [-0.25, -0.2) is 4.99 Å². The first kappa shape index (κ1) is 15.7. The minimum Gasteiger partial charge on any atom is -0.459 e. The second-order valence-corrected chi connectivity index (χ2v) is 5.40. The molecule has 100 valence electrons. The van der Waals surface area contributed by atoms with Gasteiger partial charge in [-0.2, -0.15) is 0 Å². The maximum Gasteiger partial charge on any atom is 0.328 e. The van der Waals surface area contributed by atoms with Crippen LogP contribution in [0.25, 0.3) is 0 Å². The van der Waals surface area contributed by atoms with Crippen molar-refractivity contribution >= 4 is 11.9 Å². The summed E-state index contributed by atoms with van der Waals surface area (Å²) in [4.78, 5) is 15.2. The molecule has 0 spiro atoms. The lowest BCUT2D eigenvalue weighted by molar-refractivity contribution is -0.152. The van der Waals surface area contributed by atoms with Crippen LogP contribution in [0.2, 0.25) is 0 Å². The van der Waals surface area contributed by atoms with E-state index in [0.29, 0.717) is 5.92 Å². The molecule has 0 aromatic rings. The van der Waals surface area contributed by atoms with E-state index in [1.165, 1.54) is 0 Å². The van der Waals surface area contributed by atoms with E-state index < -0.39 is 5.60 Å². The Morgan fingerprint density at radius 2 is 2.00 bits per heavy atom. The van der Waals surface area contributed by atoms with Crippen molar-refractivity contribution in [3.63, 3.8) is 0 Å². The number of rotatable bonds is 5. The third kappa shape index (κ3) is 11.0. The first-order chi connectivity index (χ1) is 7.70. The minimum atomic E-state index is -0.480. The first-order valence-electron chi connectivity index (χ1n) is 5.96. The lowest BCUT2D eigenvalue weighted by atomic mass is 10.1. The average Bonchev–Trinajstić information content (AvgIpc) is 2.11. The third-order valence-corrected chi connectivity index (χ3v) is 1.83. The van der Waals surface area contributed by atoms with Gasteiger partial charge in [0.05, 0.1) is 0 Å². The molecule has 0 heterocycles. The van der Waals surface area contributed by atoms with Gasteiger partial charge in [-0.15, -0.1) is 0 Å². The smallest absolute Gasteiger partial charge is 0.328 e. The van der Waals surface area contributed by atoms with Crippen LogP contribution in [0.4, 0.5) is 0 Å². The molecule has 0 aliphatic heterocycles. The molecule has 0 fully saturated rings. The van der Waals surface area contributed by atoms with E-state index in [4.69, 9.17) is 10.5 Å². The Morgan fingerprint density at radius 3 is 2.47 bits per heavy atom. The molecule has 0 rings (SSSR count). The van der Waals surface area contributed by atoms with Gasteiger partial charge >= 0.3 is 5.97 Å². The summed E-state index contributed by atoms with van der Waals surface area (Å²) in [7, 11) is 0. The fourth-order valence-corrected chi connectivity index (χ4v) is 1.07. The highest BCUT2D eigenvalue weighted by atomic mass is 16.6. The zero-order chi connectivity index (χ0) is 13.5. The predicted molar refractivity (Wildman–Crippen MR) is 69.8 cm³/mol. The number of carbonyl (C=O) groups is 1. The third-order valence-electron chi connectivity index (χ3n) is 1.83.